The summed E-state index contributed by atoms with van der Waals surface area (Å²) >= 11 is 0. The van der Waals surface area contributed by atoms with Crippen LogP contribution in [0.4, 0.5) is 0 Å². The third kappa shape index (κ3) is 4.09. The average Bonchev–Trinajstić information content (AvgIpc) is 2.73. The zero-order valence-electron chi connectivity index (χ0n) is 11.1. The molecule has 6 heteroatoms. The number of hydrogen-bond acceptors (Lipinski definition) is 4. The molecule has 0 aliphatic heterocycles. The van der Waals surface area contributed by atoms with E-state index in [9.17, 15) is 9.59 Å². The second-order valence-corrected chi connectivity index (χ2v) is 3.94. The van der Waals surface area contributed by atoms with Gasteiger partial charge in [-0.05, 0) is 13.0 Å². The molecule has 6 nitrogen and oxygen atoms in total. The number of carboxylic acids is 1. The van der Waals surface area contributed by atoms with Crippen molar-refractivity contribution in [1.29, 1.82) is 0 Å². The second kappa shape index (κ2) is 6.53. The van der Waals surface area contributed by atoms with E-state index < -0.39 is 11.9 Å². The molecule has 0 saturated heterocycles. The van der Waals surface area contributed by atoms with Crippen LogP contribution in [-0.2, 0) is 27.8 Å². The summed E-state index contributed by atoms with van der Waals surface area (Å²) in [7, 11) is 3.10. The number of allylic oxidation sites excluding steroid dienone is 1. The number of carboxylic acid groups (broad SMARTS) is 1. The summed E-state index contributed by atoms with van der Waals surface area (Å²) in [4.78, 5) is 25.9. The van der Waals surface area contributed by atoms with Crippen LogP contribution in [0.15, 0.2) is 24.1 Å². The number of nitrogens with zero attached hydrogens (tertiary/aromatic N) is 2. The van der Waals surface area contributed by atoms with Crippen molar-refractivity contribution in [2.45, 2.75) is 13.3 Å². The minimum atomic E-state index is -0.950. The topological polar surface area (TPSA) is 81.4 Å². The van der Waals surface area contributed by atoms with Gasteiger partial charge in [0.2, 0.25) is 0 Å². The molecule has 0 radical (unpaired) electrons. The van der Waals surface area contributed by atoms with E-state index in [2.05, 4.69) is 9.72 Å². The van der Waals surface area contributed by atoms with Gasteiger partial charge in [0.1, 0.15) is 0 Å². The number of carbonyl (C=O) groups excluding carboxylic acids is 1. The van der Waals surface area contributed by atoms with Crippen molar-refractivity contribution in [3.8, 4) is 0 Å². The van der Waals surface area contributed by atoms with Crippen molar-refractivity contribution in [2.75, 3.05) is 7.11 Å². The fraction of sp³-hybridized carbons (Fsp3) is 0.308. The predicted molar refractivity (Wildman–Crippen MR) is 69.4 cm³/mol. The first kappa shape index (κ1) is 14.7. The molecule has 0 atom stereocenters. The highest BCUT2D eigenvalue weighted by molar-refractivity contribution is 5.87. The van der Waals surface area contributed by atoms with Crippen LogP contribution >= 0.6 is 0 Å². The van der Waals surface area contributed by atoms with E-state index >= 15 is 0 Å². The van der Waals surface area contributed by atoms with Gasteiger partial charge in [-0.15, -0.1) is 0 Å². The molecule has 0 aliphatic carbocycles. The molecule has 1 N–H and O–H groups in total. The molecule has 0 bridgehead atoms. The van der Waals surface area contributed by atoms with Gasteiger partial charge in [0.25, 0.3) is 0 Å². The summed E-state index contributed by atoms with van der Waals surface area (Å²) in [6.45, 7) is 1.53. The highest BCUT2D eigenvalue weighted by Gasteiger charge is 2.07. The molecule has 1 rings (SSSR count). The van der Waals surface area contributed by atoms with E-state index in [4.69, 9.17) is 5.11 Å². The van der Waals surface area contributed by atoms with Crippen LogP contribution in [0.5, 0.6) is 0 Å². The monoisotopic (exact) mass is 264 g/mol. The number of aromatic nitrogens is 2. The van der Waals surface area contributed by atoms with E-state index in [1.165, 1.54) is 20.1 Å². The number of ether oxygens (including phenoxy) is 1. The van der Waals surface area contributed by atoms with E-state index in [0.29, 0.717) is 12.1 Å². The van der Waals surface area contributed by atoms with Gasteiger partial charge in [-0.1, -0.05) is 6.08 Å². The van der Waals surface area contributed by atoms with E-state index in [0.717, 1.165) is 5.69 Å². The molecule has 0 unspecified atom stereocenters. The van der Waals surface area contributed by atoms with Gasteiger partial charge in [-0.3, -0.25) is 0 Å². The Balaban J connectivity index is 2.92. The Morgan fingerprint density at radius 1 is 1.53 bits per heavy atom. The van der Waals surface area contributed by atoms with Crippen molar-refractivity contribution in [3.05, 3.63) is 35.4 Å². The van der Waals surface area contributed by atoms with Crippen molar-refractivity contribution < 1.29 is 19.4 Å². The van der Waals surface area contributed by atoms with Crippen molar-refractivity contribution >= 4 is 18.0 Å². The van der Waals surface area contributed by atoms with Crippen LogP contribution < -0.4 is 0 Å². The lowest BCUT2D eigenvalue weighted by atomic mass is 10.1. The molecule has 1 heterocycles. The Hall–Kier alpha value is -2.37. The number of aliphatic carboxylic acids is 1. The van der Waals surface area contributed by atoms with Gasteiger partial charge in [0.05, 0.1) is 19.1 Å². The summed E-state index contributed by atoms with van der Waals surface area (Å²) in [6, 6.07) is 0. The quantitative estimate of drug-likeness (QED) is 0.638. The van der Waals surface area contributed by atoms with E-state index in [1.54, 1.807) is 23.0 Å². The summed E-state index contributed by atoms with van der Waals surface area (Å²) in [5.74, 6) is -1.41. The zero-order chi connectivity index (χ0) is 14.4. The van der Waals surface area contributed by atoms with Crippen molar-refractivity contribution in [2.24, 2.45) is 7.05 Å². The normalized spacial score (nSPS) is 11.8. The zero-order valence-corrected chi connectivity index (χ0v) is 11.1. The Morgan fingerprint density at radius 3 is 2.79 bits per heavy atom. The Labute approximate surface area is 111 Å². The van der Waals surface area contributed by atoms with Gasteiger partial charge in [-0.25, -0.2) is 14.6 Å². The lowest BCUT2D eigenvalue weighted by Gasteiger charge is -2.01. The smallest absolute Gasteiger partial charge is 0.330 e. The lowest BCUT2D eigenvalue weighted by molar-refractivity contribution is -0.135. The maximum absolute atomic E-state index is 11.0. The number of rotatable bonds is 5. The predicted octanol–water partition coefficient (Wildman–Crippen LogP) is 1.18. The van der Waals surface area contributed by atoms with Gasteiger partial charge >= 0.3 is 11.9 Å². The second-order valence-electron chi connectivity index (χ2n) is 3.94. The average molecular weight is 264 g/mol. The summed E-state index contributed by atoms with van der Waals surface area (Å²) < 4.78 is 6.28. The van der Waals surface area contributed by atoms with Crippen molar-refractivity contribution in [3.63, 3.8) is 0 Å². The van der Waals surface area contributed by atoms with E-state index in [-0.39, 0.29) is 5.57 Å². The number of hydrogen-bond donors (Lipinski definition) is 1. The summed E-state index contributed by atoms with van der Waals surface area (Å²) in [6.07, 6.45) is 6.46. The number of aryl methyl sites for hydroxylation is 1. The first-order valence-corrected chi connectivity index (χ1v) is 5.62. The maximum atomic E-state index is 11.0. The molecule has 19 heavy (non-hydrogen) atoms. The standard InChI is InChI=1S/C13H16N2O4/c1-9(13(17)18)4-6-11-10(14-8-15(11)2)5-7-12(16)19-3/h4-5,7-8H,6H2,1-3H3,(H,17,18). The highest BCUT2D eigenvalue weighted by atomic mass is 16.5. The minimum absolute atomic E-state index is 0.268. The SMILES string of the molecule is COC(=O)C=Cc1ncn(C)c1CC=C(C)C(=O)O. The molecule has 0 amide bonds. The molecule has 1 aromatic heterocycles. The molecule has 0 aromatic carbocycles. The largest absolute Gasteiger partial charge is 0.478 e. The lowest BCUT2D eigenvalue weighted by Crippen LogP contribution is -2.00. The molecule has 0 fully saturated rings. The van der Waals surface area contributed by atoms with E-state index in [1.807, 2.05) is 7.05 Å². The molecular weight excluding hydrogens is 248 g/mol. The van der Waals surface area contributed by atoms with Gasteiger partial charge < -0.3 is 14.4 Å². The highest BCUT2D eigenvalue weighted by Crippen LogP contribution is 2.11. The Kier molecular flexibility index (Phi) is 5.05. The molecule has 1 aromatic rings. The molecular formula is C13H16N2O4. The first-order chi connectivity index (χ1) is 8.95. The van der Waals surface area contributed by atoms with Crippen LogP contribution in [-0.4, -0.2) is 33.7 Å². The Morgan fingerprint density at radius 2 is 2.21 bits per heavy atom. The van der Waals surface area contributed by atoms with Crippen molar-refractivity contribution in [1.82, 2.24) is 9.55 Å². The minimum Gasteiger partial charge on any atom is -0.478 e. The molecule has 0 spiro atoms. The van der Waals surface area contributed by atoms with Crippen LogP contribution in [0.25, 0.3) is 6.08 Å². The number of methoxy groups -OCH3 is 1. The molecule has 0 saturated carbocycles. The first-order valence-electron chi connectivity index (χ1n) is 5.62. The number of esters is 1. The third-order valence-corrected chi connectivity index (χ3v) is 2.61. The van der Waals surface area contributed by atoms with Crippen LogP contribution in [0.3, 0.4) is 0 Å². The van der Waals surface area contributed by atoms with Crippen LogP contribution in [0, 0.1) is 0 Å². The van der Waals surface area contributed by atoms with Gasteiger partial charge in [0, 0.05) is 30.8 Å². The molecule has 0 aliphatic rings. The number of imidazole rings is 1. The van der Waals surface area contributed by atoms with Crippen LogP contribution in [0.2, 0.25) is 0 Å². The fourth-order valence-corrected chi connectivity index (χ4v) is 1.41. The van der Waals surface area contributed by atoms with Gasteiger partial charge in [-0.2, -0.15) is 0 Å². The maximum Gasteiger partial charge on any atom is 0.330 e. The fourth-order valence-electron chi connectivity index (χ4n) is 1.41. The third-order valence-electron chi connectivity index (χ3n) is 2.61. The molecule has 102 valence electrons. The number of carbonyl (C=O) groups is 2. The Bertz CT molecular complexity index is 541. The van der Waals surface area contributed by atoms with Crippen LogP contribution in [0.1, 0.15) is 18.3 Å². The summed E-state index contributed by atoms with van der Waals surface area (Å²) in [5.41, 5.74) is 1.70. The van der Waals surface area contributed by atoms with Gasteiger partial charge in [0.15, 0.2) is 0 Å². The summed E-state index contributed by atoms with van der Waals surface area (Å²) in [5, 5.41) is 8.79.